The fourth-order valence-corrected chi connectivity index (χ4v) is 4.69. The van der Waals surface area contributed by atoms with Gasteiger partial charge in [-0.15, -0.1) is 24.0 Å². The molecule has 0 amide bonds. The van der Waals surface area contributed by atoms with Gasteiger partial charge in [0.1, 0.15) is 0 Å². The molecule has 0 radical (unpaired) electrons. The normalized spacial score (nSPS) is 24.6. The molecule has 2 aliphatic heterocycles. The first-order valence-corrected chi connectivity index (χ1v) is 11.8. The van der Waals surface area contributed by atoms with Gasteiger partial charge in [-0.2, -0.15) is 0 Å². The van der Waals surface area contributed by atoms with Crippen LogP contribution in [-0.2, 0) is 6.54 Å². The van der Waals surface area contributed by atoms with Crippen molar-refractivity contribution in [2.24, 2.45) is 10.9 Å². The van der Waals surface area contributed by atoms with Crippen LogP contribution in [0.3, 0.4) is 0 Å². The molecule has 176 valence electrons. The van der Waals surface area contributed by atoms with E-state index in [1.165, 1.54) is 38.3 Å². The summed E-state index contributed by atoms with van der Waals surface area (Å²) < 4.78 is 0. The number of rotatable bonds is 8. The SMILES string of the molecule is CCN1CCN(CC(C)CNC(=NC)NC2CC(C)N(Cc3ccccc3)C2)CC1.I. The topological polar surface area (TPSA) is 46.1 Å². The lowest BCUT2D eigenvalue weighted by Gasteiger charge is -2.35. The average Bonchev–Trinajstić information content (AvgIpc) is 3.11. The Hall–Kier alpha value is -0.900. The Kier molecular flexibility index (Phi) is 11.6. The third-order valence-corrected chi connectivity index (χ3v) is 6.60. The number of nitrogens with zero attached hydrogens (tertiary/aromatic N) is 4. The van der Waals surface area contributed by atoms with Gasteiger partial charge in [0.2, 0.25) is 0 Å². The van der Waals surface area contributed by atoms with E-state index >= 15 is 0 Å². The monoisotopic (exact) mass is 542 g/mol. The van der Waals surface area contributed by atoms with E-state index in [9.17, 15) is 0 Å². The van der Waals surface area contributed by atoms with Gasteiger partial charge in [-0.1, -0.05) is 44.2 Å². The van der Waals surface area contributed by atoms with E-state index in [1.54, 1.807) is 0 Å². The number of halogens is 1. The summed E-state index contributed by atoms with van der Waals surface area (Å²) in [4.78, 5) is 12.2. The van der Waals surface area contributed by atoms with E-state index < -0.39 is 0 Å². The first kappa shape index (κ1) is 26.4. The zero-order valence-corrected chi connectivity index (χ0v) is 22.2. The van der Waals surface area contributed by atoms with Crippen LogP contribution in [0.1, 0.15) is 32.8 Å². The molecule has 0 bridgehead atoms. The molecule has 2 aliphatic rings. The Morgan fingerprint density at radius 1 is 1.13 bits per heavy atom. The van der Waals surface area contributed by atoms with Crippen LogP contribution in [0.15, 0.2) is 35.3 Å². The highest BCUT2D eigenvalue weighted by Crippen LogP contribution is 2.20. The van der Waals surface area contributed by atoms with Crippen molar-refractivity contribution in [3.8, 4) is 0 Å². The summed E-state index contributed by atoms with van der Waals surface area (Å²) >= 11 is 0. The molecular formula is C24H43IN6. The second-order valence-electron chi connectivity index (χ2n) is 9.13. The van der Waals surface area contributed by atoms with E-state index in [2.05, 4.69) is 81.4 Å². The standard InChI is InChI=1S/C24H42N6.HI/c1-5-28-11-13-29(14-12-28)17-20(2)16-26-24(25-4)27-23-15-21(3)30(19-23)18-22-9-7-6-8-10-22;/h6-10,20-21,23H,5,11-19H2,1-4H3,(H2,25,26,27);1H. The maximum Gasteiger partial charge on any atom is 0.191 e. The number of benzene rings is 1. The predicted molar refractivity (Wildman–Crippen MR) is 142 cm³/mol. The van der Waals surface area contributed by atoms with E-state index in [-0.39, 0.29) is 24.0 Å². The Balaban J connectivity index is 0.00000341. The molecule has 1 aromatic carbocycles. The molecular weight excluding hydrogens is 499 g/mol. The van der Waals surface area contributed by atoms with Gasteiger partial charge < -0.3 is 20.4 Å². The number of hydrogen-bond donors (Lipinski definition) is 2. The van der Waals surface area contributed by atoms with Gasteiger partial charge in [-0.05, 0) is 31.4 Å². The summed E-state index contributed by atoms with van der Waals surface area (Å²) in [5, 5.41) is 7.23. The number of likely N-dealkylation sites (tertiary alicyclic amines) is 1. The van der Waals surface area contributed by atoms with Crippen LogP contribution in [0.5, 0.6) is 0 Å². The molecule has 1 aromatic rings. The van der Waals surface area contributed by atoms with Crippen molar-refractivity contribution in [2.75, 3.05) is 59.4 Å². The molecule has 3 atom stereocenters. The molecule has 31 heavy (non-hydrogen) atoms. The summed E-state index contributed by atoms with van der Waals surface area (Å²) in [7, 11) is 1.88. The highest BCUT2D eigenvalue weighted by Gasteiger charge is 2.29. The van der Waals surface area contributed by atoms with Crippen LogP contribution in [0.2, 0.25) is 0 Å². The fraction of sp³-hybridized carbons (Fsp3) is 0.708. The summed E-state index contributed by atoms with van der Waals surface area (Å²) in [6.45, 7) is 17.1. The lowest BCUT2D eigenvalue weighted by atomic mass is 10.1. The van der Waals surface area contributed by atoms with Crippen LogP contribution >= 0.6 is 24.0 Å². The van der Waals surface area contributed by atoms with Crippen LogP contribution in [0.25, 0.3) is 0 Å². The number of aliphatic imine (C=N–C) groups is 1. The van der Waals surface area contributed by atoms with Crippen molar-refractivity contribution in [2.45, 2.75) is 45.8 Å². The molecule has 2 fully saturated rings. The molecule has 0 aliphatic carbocycles. The molecule has 3 rings (SSSR count). The number of nitrogens with one attached hydrogen (secondary N) is 2. The molecule has 2 heterocycles. The number of hydrogen-bond acceptors (Lipinski definition) is 4. The quantitative estimate of drug-likeness (QED) is 0.301. The molecule has 0 spiro atoms. The Bertz CT molecular complexity index is 647. The lowest BCUT2D eigenvalue weighted by molar-refractivity contribution is 0.124. The van der Waals surface area contributed by atoms with Crippen LogP contribution in [0, 0.1) is 5.92 Å². The Morgan fingerprint density at radius 3 is 2.45 bits per heavy atom. The second kappa shape index (κ2) is 13.6. The van der Waals surface area contributed by atoms with Crippen molar-refractivity contribution in [3.63, 3.8) is 0 Å². The highest BCUT2D eigenvalue weighted by atomic mass is 127. The van der Waals surface area contributed by atoms with Gasteiger partial charge in [0.25, 0.3) is 0 Å². The molecule has 7 heteroatoms. The summed E-state index contributed by atoms with van der Waals surface area (Å²) in [6.07, 6.45) is 1.16. The number of likely N-dealkylation sites (N-methyl/N-ethyl adjacent to an activating group) is 1. The average molecular weight is 543 g/mol. The van der Waals surface area contributed by atoms with Crippen molar-refractivity contribution < 1.29 is 0 Å². The van der Waals surface area contributed by atoms with Crippen molar-refractivity contribution in [1.29, 1.82) is 0 Å². The molecule has 6 nitrogen and oxygen atoms in total. The van der Waals surface area contributed by atoms with Gasteiger partial charge in [0.15, 0.2) is 5.96 Å². The van der Waals surface area contributed by atoms with Gasteiger partial charge in [-0.25, -0.2) is 0 Å². The minimum Gasteiger partial charge on any atom is -0.356 e. The van der Waals surface area contributed by atoms with Gasteiger partial charge in [0.05, 0.1) is 0 Å². The largest absolute Gasteiger partial charge is 0.356 e. The molecule has 0 aromatic heterocycles. The van der Waals surface area contributed by atoms with Gasteiger partial charge in [-0.3, -0.25) is 9.89 Å². The Morgan fingerprint density at radius 2 is 1.81 bits per heavy atom. The van der Waals surface area contributed by atoms with Gasteiger partial charge in [0, 0.05) is 71.5 Å². The van der Waals surface area contributed by atoms with Crippen molar-refractivity contribution >= 4 is 29.9 Å². The minimum atomic E-state index is 0. The van der Waals surface area contributed by atoms with Crippen LogP contribution < -0.4 is 10.6 Å². The number of piperazine rings is 1. The van der Waals surface area contributed by atoms with E-state index in [0.717, 1.165) is 38.6 Å². The molecule has 0 saturated carbocycles. The lowest BCUT2D eigenvalue weighted by Crippen LogP contribution is -2.49. The van der Waals surface area contributed by atoms with E-state index in [1.807, 2.05) is 7.05 Å². The van der Waals surface area contributed by atoms with Crippen LogP contribution in [0.4, 0.5) is 0 Å². The number of guanidine groups is 1. The van der Waals surface area contributed by atoms with Gasteiger partial charge >= 0.3 is 0 Å². The zero-order chi connectivity index (χ0) is 21.3. The first-order valence-electron chi connectivity index (χ1n) is 11.8. The third-order valence-electron chi connectivity index (χ3n) is 6.60. The third kappa shape index (κ3) is 8.51. The Labute approximate surface area is 206 Å². The predicted octanol–water partition coefficient (Wildman–Crippen LogP) is 2.71. The second-order valence-corrected chi connectivity index (χ2v) is 9.13. The first-order chi connectivity index (χ1) is 14.6. The highest BCUT2D eigenvalue weighted by molar-refractivity contribution is 14.0. The fourth-order valence-electron chi connectivity index (χ4n) is 4.69. The van der Waals surface area contributed by atoms with E-state index in [4.69, 9.17) is 0 Å². The van der Waals surface area contributed by atoms with Crippen LogP contribution in [-0.4, -0.2) is 92.1 Å². The smallest absolute Gasteiger partial charge is 0.191 e. The zero-order valence-electron chi connectivity index (χ0n) is 19.9. The summed E-state index contributed by atoms with van der Waals surface area (Å²) in [5.74, 6) is 1.55. The maximum absolute atomic E-state index is 4.48. The summed E-state index contributed by atoms with van der Waals surface area (Å²) in [6, 6.07) is 11.8. The molecule has 2 N–H and O–H groups in total. The summed E-state index contributed by atoms with van der Waals surface area (Å²) in [5.41, 5.74) is 1.39. The minimum absolute atomic E-state index is 0. The van der Waals surface area contributed by atoms with E-state index in [0.29, 0.717) is 18.0 Å². The van der Waals surface area contributed by atoms with Crippen molar-refractivity contribution in [1.82, 2.24) is 25.3 Å². The molecule has 3 unspecified atom stereocenters. The van der Waals surface area contributed by atoms with Crippen molar-refractivity contribution in [3.05, 3.63) is 35.9 Å². The maximum atomic E-state index is 4.48. The molecule has 2 saturated heterocycles.